The third kappa shape index (κ3) is 7.51. The molecule has 1 fully saturated rings. The molecule has 1 aliphatic rings. The number of nitrogens with one attached hydrogen (secondary N) is 1. The van der Waals surface area contributed by atoms with E-state index in [-0.39, 0.29) is 23.4 Å². The highest BCUT2D eigenvalue weighted by atomic mass is 16.2. The minimum atomic E-state index is -0.328. The molecule has 1 heterocycles. The van der Waals surface area contributed by atoms with E-state index in [4.69, 9.17) is 0 Å². The predicted molar refractivity (Wildman–Crippen MR) is 109 cm³/mol. The lowest BCUT2D eigenvalue weighted by atomic mass is 9.87. The number of likely N-dealkylation sites (tertiary alicyclic amines) is 1. The van der Waals surface area contributed by atoms with E-state index in [1.165, 1.54) is 44.6 Å². The normalized spacial score (nSPS) is 19.2. The Hall–Kier alpha value is -1.32. The van der Waals surface area contributed by atoms with Gasteiger partial charge in [-0.3, -0.25) is 9.59 Å². The zero-order chi connectivity index (χ0) is 19.4. The number of carbonyl (C=O) groups excluding carboxylic acids is 2. The van der Waals surface area contributed by atoms with Crippen molar-refractivity contribution in [2.75, 3.05) is 6.54 Å². The quantitative estimate of drug-likeness (QED) is 0.370. The SMILES string of the molecule is C=CC(=O)N1CCC[C@@H]1C(=O)NC(C)(CCCCC)CCCCCCC. The summed E-state index contributed by atoms with van der Waals surface area (Å²) >= 11 is 0. The van der Waals surface area contributed by atoms with E-state index in [9.17, 15) is 9.59 Å². The van der Waals surface area contributed by atoms with Crippen molar-refractivity contribution in [1.29, 1.82) is 0 Å². The van der Waals surface area contributed by atoms with Crippen molar-refractivity contribution >= 4 is 11.8 Å². The van der Waals surface area contributed by atoms with Crippen LogP contribution in [0.5, 0.6) is 0 Å². The third-order valence-corrected chi connectivity index (χ3v) is 5.60. The zero-order valence-corrected chi connectivity index (χ0v) is 17.3. The summed E-state index contributed by atoms with van der Waals surface area (Å²) < 4.78 is 0. The van der Waals surface area contributed by atoms with Gasteiger partial charge in [0.2, 0.25) is 11.8 Å². The van der Waals surface area contributed by atoms with Gasteiger partial charge in [0.25, 0.3) is 0 Å². The maximum Gasteiger partial charge on any atom is 0.246 e. The largest absolute Gasteiger partial charge is 0.349 e. The Morgan fingerprint density at radius 1 is 1.08 bits per heavy atom. The van der Waals surface area contributed by atoms with Gasteiger partial charge in [-0.2, -0.15) is 0 Å². The number of rotatable bonds is 13. The minimum absolute atomic E-state index is 0.0188. The van der Waals surface area contributed by atoms with Gasteiger partial charge in [-0.1, -0.05) is 71.8 Å². The summed E-state index contributed by atoms with van der Waals surface area (Å²) in [6.07, 6.45) is 14.7. The first-order valence-electron chi connectivity index (χ1n) is 10.7. The van der Waals surface area contributed by atoms with Gasteiger partial charge in [0.15, 0.2) is 0 Å². The van der Waals surface area contributed by atoms with Gasteiger partial charge in [-0.05, 0) is 38.7 Å². The van der Waals surface area contributed by atoms with Gasteiger partial charge in [0.05, 0.1) is 0 Å². The van der Waals surface area contributed by atoms with Crippen LogP contribution in [0.1, 0.15) is 97.8 Å². The van der Waals surface area contributed by atoms with Crippen molar-refractivity contribution in [3.8, 4) is 0 Å². The molecule has 1 rings (SSSR count). The van der Waals surface area contributed by atoms with Crippen molar-refractivity contribution < 1.29 is 9.59 Å². The number of carbonyl (C=O) groups is 2. The maximum absolute atomic E-state index is 12.9. The Kier molecular flexibility index (Phi) is 10.6. The van der Waals surface area contributed by atoms with E-state index < -0.39 is 0 Å². The predicted octanol–water partition coefficient (Wildman–Crippen LogP) is 4.98. The van der Waals surface area contributed by atoms with Gasteiger partial charge in [-0.15, -0.1) is 0 Å². The number of unbranched alkanes of at least 4 members (excludes halogenated alkanes) is 6. The first kappa shape index (κ1) is 22.7. The fraction of sp³-hybridized carbons (Fsp3) is 0.818. The van der Waals surface area contributed by atoms with E-state index in [1.807, 2.05) is 0 Å². The third-order valence-electron chi connectivity index (χ3n) is 5.60. The lowest BCUT2D eigenvalue weighted by Gasteiger charge is -2.34. The smallest absolute Gasteiger partial charge is 0.246 e. The van der Waals surface area contributed by atoms with Crippen LogP contribution < -0.4 is 5.32 Å². The van der Waals surface area contributed by atoms with Crippen molar-refractivity contribution in [2.24, 2.45) is 0 Å². The molecule has 1 saturated heterocycles. The van der Waals surface area contributed by atoms with E-state index in [0.717, 1.165) is 38.5 Å². The molecule has 2 atom stereocenters. The van der Waals surface area contributed by atoms with Crippen molar-refractivity contribution in [1.82, 2.24) is 10.2 Å². The van der Waals surface area contributed by atoms with Crippen molar-refractivity contribution in [3.63, 3.8) is 0 Å². The van der Waals surface area contributed by atoms with Crippen LogP contribution in [0.25, 0.3) is 0 Å². The van der Waals surface area contributed by atoms with Crippen LogP contribution in [-0.4, -0.2) is 34.8 Å². The molecule has 4 heteroatoms. The second-order valence-electron chi connectivity index (χ2n) is 8.07. The molecule has 4 nitrogen and oxygen atoms in total. The summed E-state index contributed by atoms with van der Waals surface area (Å²) in [5, 5.41) is 3.33. The summed E-state index contributed by atoms with van der Waals surface area (Å²) in [7, 11) is 0. The first-order chi connectivity index (χ1) is 12.5. The zero-order valence-electron chi connectivity index (χ0n) is 17.3. The highest BCUT2D eigenvalue weighted by molar-refractivity contribution is 5.93. The molecular formula is C22H40N2O2. The molecule has 150 valence electrons. The van der Waals surface area contributed by atoms with Crippen molar-refractivity contribution in [3.05, 3.63) is 12.7 Å². The number of hydrogen-bond donors (Lipinski definition) is 1. The van der Waals surface area contributed by atoms with Gasteiger partial charge >= 0.3 is 0 Å². The summed E-state index contributed by atoms with van der Waals surface area (Å²) in [6.45, 7) is 10.8. The molecule has 26 heavy (non-hydrogen) atoms. The highest BCUT2D eigenvalue weighted by Gasteiger charge is 2.36. The van der Waals surface area contributed by atoms with Crippen LogP contribution in [0.4, 0.5) is 0 Å². The van der Waals surface area contributed by atoms with Crippen molar-refractivity contribution in [2.45, 2.75) is 109 Å². The lowest BCUT2D eigenvalue weighted by molar-refractivity contribution is -0.136. The molecule has 0 aromatic carbocycles. The standard InChI is InChI=1S/C22H40N2O2/c1-5-8-10-11-13-17-22(4,16-12-9-6-2)23-21(26)19-15-14-18-24(19)20(25)7-3/h7,19H,3,5-6,8-18H2,1-2,4H3,(H,23,26)/t19-,22?/m1/s1. The lowest BCUT2D eigenvalue weighted by Crippen LogP contribution is -2.53. The van der Waals surface area contributed by atoms with Crippen LogP contribution in [0, 0.1) is 0 Å². The number of nitrogens with zero attached hydrogens (tertiary/aromatic N) is 1. The van der Waals surface area contributed by atoms with Crippen LogP contribution >= 0.6 is 0 Å². The average Bonchev–Trinajstić information content (AvgIpc) is 3.11. The Balaban J connectivity index is 2.65. The number of amides is 2. The van der Waals surface area contributed by atoms with E-state index in [0.29, 0.717) is 6.54 Å². The summed E-state index contributed by atoms with van der Waals surface area (Å²) in [5.41, 5.74) is -0.163. The summed E-state index contributed by atoms with van der Waals surface area (Å²) in [5.74, 6) is -0.111. The summed E-state index contributed by atoms with van der Waals surface area (Å²) in [4.78, 5) is 26.6. The van der Waals surface area contributed by atoms with Crippen LogP contribution in [0.15, 0.2) is 12.7 Å². The monoisotopic (exact) mass is 364 g/mol. The van der Waals surface area contributed by atoms with Crippen LogP contribution in [-0.2, 0) is 9.59 Å². The molecule has 2 amide bonds. The van der Waals surface area contributed by atoms with Gasteiger partial charge in [0.1, 0.15) is 6.04 Å². The molecule has 1 aliphatic heterocycles. The number of hydrogen-bond acceptors (Lipinski definition) is 2. The van der Waals surface area contributed by atoms with Gasteiger partial charge in [0, 0.05) is 12.1 Å². The molecule has 0 bridgehead atoms. The maximum atomic E-state index is 12.9. The van der Waals surface area contributed by atoms with Crippen LogP contribution in [0.2, 0.25) is 0 Å². The molecule has 0 aromatic rings. The van der Waals surface area contributed by atoms with Gasteiger partial charge < -0.3 is 10.2 Å². The van der Waals surface area contributed by atoms with Gasteiger partial charge in [-0.25, -0.2) is 0 Å². The van der Waals surface area contributed by atoms with E-state index in [2.05, 4.69) is 32.7 Å². The highest BCUT2D eigenvalue weighted by Crippen LogP contribution is 2.25. The molecule has 0 aliphatic carbocycles. The molecule has 0 aromatic heterocycles. The Morgan fingerprint density at radius 2 is 1.65 bits per heavy atom. The Morgan fingerprint density at radius 3 is 2.27 bits per heavy atom. The molecule has 1 unspecified atom stereocenters. The first-order valence-corrected chi connectivity index (χ1v) is 10.7. The molecular weight excluding hydrogens is 324 g/mol. The second kappa shape index (κ2) is 12.1. The van der Waals surface area contributed by atoms with E-state index in [1.54, 1.807) is 4.90 Å². The molecule has 0 saturated carbocycles. The molecule has 0 radical (unpaired) electrons. The molecule has 1 N–H and O–H groups in total. The Labute approximate surface area is 160 Å². The average molecular weight is 365 g/mol. The fourth-order valence-electron chi connectivity index (χ4n) is 3.93. The molecule has 0 spiro atoms. The van der Waals surface area contributed by atoms with E-state index >= 15 is 0 Å². The Bertz CT molecular complexity index is 449. The summed E-state index contributed by atoms with van der Waals surface area (Å²) in [6, 6.07) is -0.328. The fourth-order valence-corrected chi connectivity index (χ4v) is 3.93. The minimum Gasteiger partial charge on any atom is -0.349 e. The van der Waals surface area contributed by atoms with Crippen LogP contribution in [0.3, 0.4) is 0 Å². The second-order valence-corrected chi connectivity index (χ2v) is 8.07. The topological polar surface area (TPSA) is 49.4 Å².